The second-order valence-electron chi connectivity index (χ2n) is 6.65. The zero-order valence-corrected chi connectivity index (χ0v) is 13.0. The van der Waals surface area contributed by atoms with Crippen LogP contribution in [0.4, 0.5) is 0 Å². The van der Waals surface area contributed by atoms with Crippen molar-refractivity contribution in [2.75, 3.05) is 33.4 Å². The predicted molar refractivity (Wildman–Crippen MR) is 78.5 cm³/mol. The van der Waals surface area contributed by atoms with Gasteiger partial charge in [-0.05, 0) is 44.1 Å². The molecule has 0 aromatic heterocycles. The summed E-state index contributed by atoms with van der Waals surface area (Å²) in [4.78, 5) is 12.1. The second kappa shape index (κ2) is 7.41. The second-order valence-corrected chi connectivity index (χ2v) is 6.65. The van der Waals surface area contributed by atoms with Crippen LogP contribution in [-0.2, 0) is 14.3 Å². The molecular weight excluding hydrogens is 254 g/mol. The van der Waals surface area contributed by atoms with Crippen LogP contribution in [0.25, 0.3) is 0 Å². The van der Waals surface area contributed by atoms with Gasteiger partial charge in [-0.3, -0.25) is 4.79 Å². The Bertz CT molecular complexity index is 313. The van der Waals surface area contributed by atoms with Crippen molar-refractivity contribution in [3.05, 3.63) is 0 Å². The molecule has 2 rings (SSSR count). The third kappa shape index (κ3) is 3.95. The van der Waals surface area contributed by atoms with E-state index in [1.54, 1.807) is 0 Å². The normalized spacial score (nSPS) is 29.9. The fourth-order valence-corrected chi connectivity index (χ4v) is 3.69. The van der Waals surface area contributed by atoms with Crippen LogP contribution in [0.15, 0.2) is 0 Å². The van der Waals surface area contributed by atoms with Gasteiger partial charge < -0.3 is 14.8 Å². The van der Waals surface area contributed by atoms with Crippen molar-refractivity contribution in [1.29, 1.82) is 0 Å². The summed E-state index contributed by atoms with van der Waals surface area (Å²) in [5.74, 6) is 1.55. The average Bonchev–Trinajstić information content (AvgIpc) is 2.47. The molecule has 0 aromatic carbocycles. The van der Waals surface area contributed by atoms with E-state index in [4.69, 9.17) is 9.47 Å². The molecule has 0 spiro atoms. The van der Waals surface area contributed by atoms with E-state index >= 15 is 0 Å². The number of esters is 1. The molecule has 0 radical (unpaired) electrons. The molecule has 4 heteroatoms. The van der Waals surface area contributed by atoms with Gasteiger partial charge in [-0.25, -0.2) is 0 Å². The lowest BCUT2D eigenvalue weighted by molar-refractivity contribution is -0.158. The quantitative estimate of drug-likeness (QED) is 0.787. The highest BCUT2D eigenvalue weighted by molar-refractivity contribution is 5.77. The van der Waals surface area contributed by atoms with Gasteiger partial charge in [0.15, 0.2) is 0 Å². The Morgan fingerprint density at radius 1 is 1.35 bits per heavy atom. The average molecular weight is 283 g/mol. The number of rotatable bonds is 5. The fourth-order valence-electron chi connectivity index (χ4n) is 3.69. The first-order valence-corrected chi connectivity index (χ1v) is 8.03. The molecule has 4 nitrogen and oxygen atoms in total. The van der Waals surface area contributed by atoms with Gasteiger partial charge in [-0.2, -0.15) is 0 Å². The number of hydrogen-bond acceptors (Lipinski definition) is 4. The summed E-state index contributed by atoms with van der Waals surface area (Å²) in [6.07, 6.45) is 6.91. The Kier molecular flexibility index (Phi) is 5.85. The molecule has 0 amide bonds. The lowest BCUT2D eigenvalue weighted by Crippen LogP contribution is -2.46. The topological polar surface area (TPSA) is 47.6 Å². The van der Waals surface area contributed by atoms with Crippen LogP contribution in [0.2, 0.25) is 0 Å². The van der Waals surface area contributed by atoms with Gasteiger partial charge in [0.05, 0.1) is 12.5 Å². The van der Waals surface area contributed by atoms with Gasteiger partial charge in [0.1, 0.15) is 0 Å². The molecule has 1 aliphatic carbocycles. The number of nitrogens with one attached hydrogen (secondary N) is 1. The Hall–Kier alpha value is -0.610. The van der Waals surface area contributed by atoms with Crippen LogP contribution in [0, 0.1) is 17.3 Å². The molecule has 1 heterocycles. The summed E-state index contributed by atoms with van der Waals surface area (Å²) in [6, 6.07) is 0. The van der Waals surface area contributed by atoms with Crippen molar-refractivity contribution >= 4 is 5.97 Å². The molecular formula is C16H29NO3. The van der Waals surface area contributed by atoms with E-state index in [0.717, 1.165) is 37.8 Å². The summed E-state index contributed by atoms with van der Waals surface area (Å²) < 4.78 is 10.4. The highest BCUT2D eigenvalue weighted by Crippen LogP contribution is 2.32. The maximum atomic E-state index is 12.1. The lowest BCUT2D eigenvalue weighted by atomic mass is 9.79. The lowest BCUT2D eigenvalue weighted by Gasteiger charge is -2.35. The first-order valence-electron chi connectivity index (χ1n) is 8.03. The number of ether oxygens (including phenoxy) is 2. The van der Waals surface area contributed by atoms with E-state index in [2.05, 4.69) is 12.2 Å². The number of hydrogen-bond donors (Lipinski definition) is 1. The smallest absolute Gasteiger partial charge is 0.313 e. The van der Waals surface area contributed by atoms with Gasteiger partial charge in [0.2, 0.25) is 0 Å². The molecule has 1 saturated carbocycles. The maximum absolute atomic E-state index is 12.1. The summed E-state index contributed by atoms with van der Waals surface area (Å²) in [5.41, 5.74) is -0.368. The Labute approximate surface area is 122 Å². The molecule has 116 valence electrons. The van der Waals surface area contributed by atoms with Crippen molar-refractivity contribution in [1.82, 2.24) is 5.32 Å². The van der Waals surface area contributed by atoms with Crippen molar-refractivity contribution < 1.29 is 14.3 Å². The first-order chi connectivity index (χ1) is 9.66. The summed E-state index contributed by atoms with van der Waals surface area (Å²) >= 11 is 0. The third-order valence-corrected chi connectivity index (χ3v) is 5.01. The van der Waals surface area contributed by atoms with Gasteiger partial charge in [-0.1, -0.05) is 19.8 Å². The van der Waals surface area contributed by atoms with E-state index in [0.29, 0.717) is 13.2 Å². The minimum absolute atomic E-state index is 0.0784. The van der Waals surface area contributed by atoms with Crippen molar-refractivity contribution in [2.45, 2.75) is 45.4 Å². The van der Waals surface area contributed by atoms with Crippen molar-refractivity contribution in [3.8, 4) is 0 Å². The zero-order valence-electron chi connectivity index (χ0n) is 13.0. The first kappa shape index (κ1) is 15.8. The van der Waals surface area contributed by atoms with Gasteiger partial charge in [-0.15, -0.1) is 0 Å². The van der Waals surface area contributed by atoms with Gasteiger partial charge in [0, 0.05) is 19.8 Å². The molecule has 2 fully saturated rings. The summed E-state index contributed by atoms with van der Waals surface area (Å²) in [5, 5.41) is 3.55. The summed E-state index contributed by atoms with van der Waals surface area (Å²) in [6.45, 7) is 5.44. The van der Waals surface area contributed by atoms with E-state index in [-0.39, 0.29) is 11.4 Å². The van der Waals surface area contributed by atoms with Gasteiger partial charge in [0.25, 0.3) is 0 Å². The highest BCUT2D eigenvalue weighted by Gasteiger charge is 2.40. The molecule has 2 atom stereocenters. The molecule has 0 unspecified atom stereocenters. The number of methoxy groups -OCH3 is 1. The van der Waals surface area contributed by atoms with Crippen molar-refractivity contribution in [2.24, 2.45) is 17.3 Å². The number of carbonyl (C=O) groups excluding carboxylic acids is 1. The SMILES string of the molecule is COC(=O)C1(CNC[C@H]2CCC[C@H](C)C2)CCOCC1. The van der Waals surface area contributed by atoms with Crippen LogP contribution >= 0.6 is 0 Å². The van der Waals surface area contributed by atoms with Crippen LogP contribution in [0.3, 0.4) is 0 Å². The highest BCUT2D eigenvalue weighted by atomic mass is 16.5. The molecule has 0 bridgehead atoms. The molecule has 1 aliphatic heterocycles. The Morgan fingerprint density at radius 3 is 2.75 bits per heavy atom. The standard InChI is InChI=1S/C16H29NO3/c1-13-4-3-5-14(10-13)11-17-12-16(15(18)19-2)6-8-20-9-7-16/h13-14,17H,3-12H2,1-2H3/t13-,14-/m0/s1. The molecule has 20 heavy (non-hydrogen) atoms. The predicted octanol–water partition coefficient (Wildman–Crippen LogP) is 2.37. The zero-order chi connectivity index (χ0) is 14.4. The minimum Gasteiger partial charge on any atom is -0.469 e. The third-order valence-electron chi connectivity index (χ3n) is 5.01. The van der Waals surface area contributed by atoms with E-state index in [9.17, 15) is 4.79 Å². The molecule has 1 saturated heterocycles. The van der Waals surface area contributed by atoms with Crippen LogP contribution in [-0.4, -0.2) is 39.4 Å². The monoisotopic (exact) mass is 283 g/mol. The van der Waals surface area contributed by atoms with E-state index < -0.39 is 0 Å². The summed E-state index contributed by atoms with van der Waals surface area (Å²) in [7, 11) is 1.49. The van der Waals surface area contributed by atoms with Crippen LogP contribution < -0.4 is 5.32 Å². The Morgan fingerprint density at radius 2 is 2.10 bits per heavy atom. The molecule has 0 aromatic rings. The molecule has 1 N–H and O–H groups in total. The van der Waals surface area contributed by atoms with Crippen molar-refractivity contribution in [3.63, 3.8) is 0 Å². The number of carbonyl (C=O) groups is 1. The van der Waals surface area contributed by atoms with Crippen LogP contribution in [0.5, 0.6) is 0 Å². The largest absolute Gasteiger partial charge is 0.469 e. The minimum atomic E-state index is -0.368. The fraction of sp³-hybridized carbons (Fsp3) is 0.938. The molecule has 2 aliphatic rings. The van der Waals surface area contributed by atoms with E-state index in [1.165, 1.54) is 32.8 Å². The van der Waals surface area contributed by atoms with Gasteiger partial charge >= 0.3 is 5.97 Å². The maximum Gasteiger partial charge on any atom is 0.313 e. The van der Waals surface area contributed by atoms with E-state index in [1.807, 2.05) is 0 Å². The Balaban J connectivity index is 1.81. The van der Waals surface area contributed by atoms with Crippen LogP contribution in [0.1, 0.15) is 45.4 Å².